The number of benzene rings is 2. The maximum atomic E-state index is 13.1. The molecule has 3 rings (SSSR count). The molecule has 27 heavy (non-hydrogen) atoms. The second kappa shape index (κ2) is 7.78. The summed E-state index contributed by atoms with van der Waals surface area (Å²) in [5, 5.41) is 0. The van der Waals surface area contributed by atoms with Crippen LogP contribution in [0, 0.1) is 19.7 Å². The number of carbonyl (C=O) groups excluding carboxylic acids is 1. The molecule has 0 aliphatic carbocycles. The Kier molecular flexibility index (Phi) is 5.62. The molecule has 0 unspecified atom stereocenters. The van der Waals surface area contributed by atoms with Crippen LogP contribution < -0.4 is 0 Å². The van der Waals surface area contributed by atoms with Crippen LogP contribution in [0.2, 0.25) is 0 Å². The van der Waals surface area contributed by atoms with E-state index in [0.29, 0.717) is 31.6 Å². The molecule has 0 radical (unpaired) electrons. The third-order valence-electron chi connectivity index (χ3n) is 4.82. The highest BCUT2D eigenvalue weighted by molar-refractivity contribution is 7.89. The lowest BCUT2D eigenvalue weighted by Gasteiger charge is -2.23. The predicted molar refractivity (Wildman–Crippen MR) is 102 cm³/mol. The molecule has 1 aliphatic heterocycles. The Hall–Kier alpha value is -2.25. The summed E-state index contributed by atoms with van der Waals surface area (Å²) in [6.07, 6.45) is 0.553. The highest BCUT2D eigenvalue weighted by atomic mass is 32.2. The normalized spacial score (nSPS) is 16.2. The molecule has 1 heterocycles. The van der Waals surface area contributed by atoms with Gasteiger partial charge in [0.1, 0.15) is 5.82 Å². The molecule has 0 saturated carbocycles. The molecule has 1 amide bonds. The molecule has 2 aromatic rings. The zero-order valence-electron chi connectivity index (χ0n) is 15.5. The van der Waals surface area contributed by atoms with Crippen molar-refractivity contribution in [3.05, 3.63) is 65.0 Å². The first kappa shape index (κ1) is 19.5. The van der Waals surface area contributed by atoms with Gasteiger partial charge in [0.2, 0.25) is 10.0 Å². The summed E-state index contributed by atoms with van der Waals surface area (Å²) in [5.74, 6) is -0.549. The van der Waals surface area contributed by atoms with E-state index in [1.165, 1.54) is 16.4 Å². The van der Waals surface area contributed by atoms with Crippen molar-refractivity contribution in [3.8, 4) is 0 Å². The topological polar surface area (TPSA) is 57.7 Å². The molecule has 1 fully saturated rings. The van der Waals surface area contributed by atoms with Crippen LogP contribution in [0.15, 0.2) is 47.4 Å². The van der Waals surface area contributed by atoms with Crippen molar-refractivity contribution in [2.75, 3.05) is 26.2 Å². The van der Waals surface area contributed by atoms with Crippen LogP contribution in [0.1, 0.15) is 27.9 Å². The molecule has 0 N–H and O–H groups in total. The van der Waals surface area contributed by atoms with Crippen molar-refractivity contribution < 1.29 is 17.6 Å². The summed E-state index contributed by atoms with van der Waals surface area (Å²) >= 11 is 0. The number of hydrogen-bond acceptors (Lipinski definition) is 3. The standard InChI is InChI=1S/C20H23FN2O3S/c1-15-4-5-16(2)19(14-15)20(24)22-10-3-11-23(13-12-22)27(25,26)18-8-6-17(21)7-9-18/h4-9,14H,3,10-13H2,1-2H3. The van der Waals surface area contributed by atoms with E-state index in [2.05, 4.69) is 0 Å². The van der Waals surface area contributed by atoms with E-state index in [1.54, 1.807) is 4.90 Å². The van der Waals surface area contributed by atoms with Crippen molar-refractivity contribution in [3.63, 3.8) is 0 Å². The third-order valence-corrected chi connectivity index (χ3v) is 6.73. The average Bonchev–Trinajstić information content (AvgIpc) is 2.90. The van der Waals surface area contributed by atoms with Crippen LogP contribution in [0.25, 0.3) is 0 Å². The van der Waals surface area contributed by atoms with Gasteiger partial charge in [-0.05, 0) is 56.2 Å². The molecule has 144 valence electrons. The van der Waals surface area contributed by atoms with Gasteiger partial charge in [-0.2, -0.15) is 4.31 Å². The van der Waals surface area contributed by atoms with E-state index in [0.717, 1.165) is 23.3 Å². The monoisotopic (exact) mass is 390 g/mol. The van der Waals surface area contributed by atoms with Crippen molar-refractivity contribution >= 4 is 15.9 Å². The SMILES string of the molecule is Cc1ccc(C)c(C(=O)N2CCCN(S(=O)(=O)c3ccc(F)cc3)CC2)c1. The molecule has 5 nitrogen and oxygen atoms in total. The van der Waals surface area contributed by atoms with Crippen molar-refractivity contribution in [2.45, 2.75) is 25.2 Å². The maximum absolute atomic E-state index is 13.1. The number of nitrogens with zero attached hydrogens (tertiary/aromatic N) is 2. The number of rotatable bonds is 3. The number of sulfonamides is 1. The van der Waals surface area contributed by atoms with E-state index in [9.17, 15) is 17.6 Å². The van der Waals surface area contributed by atoms with Crippen LogP contribution in [-0.2, 0) is 10.0 Å². The van der Waals surface area contributed by atoms with Gasteiger partial charge in [0.25, 0.3) is 5.91 Å². The van der Waals surface area contributed by atoms with E-state index in [1.807, 2.05) is 32.0 Å². The number of carbonyl (C=O) groups is 1. The van der Waals surface area contributed by atoms with E-state index < -0.39 is 15.8 Å². The van der Waals surface area contributed by atoms with Crippen LogP contribution in [0.4, 0.5) is 4.39 Å². The Balaban J connectivity index is 1.76. The summed E-state index contributed by atoms with van der Waals surface area (Å²) in [5.41, 5.74) is 2.58. The lowest BCUT2D eigenvalue weighted by molar-refractivity contribution is 0.0763. The fourth-order valence-corrected chi connectivity index (χ4v) is 4.70. The largest absolute Gasteiger partial charge is 0.337 e. The summed E-state index contributed by atoms with van der Waals surface area (Å²) in [6.45, 7) is 5.21. The Labute approximate surface area is 159 Å². The average molecular weight is 390 g/mol. The molecule has 0 aromatic heterocycles. The Bertz CT molecular complexity index is 942. The summed E-state index contributed by atoms with van der Waals surface area (Å²) in [4.78, 5) is 14.7. The minimum Gasteiger partial charge on any atom is -0.337 e. The molecule has 0 bridgehead atoms. The predicted octanol–water partition coefficient (Wildman–Crippen LogP) is 2.98. The Morgan fingerprint density at radius 1 is 0.963 bits per heavy atom. The third kappa shape index (κ3) is 4.20. The van der Waals surface area contributed by atoms with Gasteiger partial charge in [0.15, 0.2) is 0 Å². The second-order valence-corrected chi connectivity index (χ2v) is 8.76. The van der Waals surface area contributed by atoms with Gasteiger partial charge in [-0.3, -0.25) is 4.79 Å². The summed E-state index contributed by atoms with van der Waals surface area (Å²) in [6, 6.07) is 10.6. The van der Waals surface area contributed by atoms with Gasteiger partial charge >= 0.3 is 0 Å². The fourth-order valence-electron chi connectivity index (χ4n) is 3.23. The fraction of sp³-hybridized carbons (Fsp3) is 0.350. The molecular formula is C20H23FN2O3S. The highest BCUT2D eigenvalue weighted by Crippen LogP contribution is 2.20. The molecule has 0 atom stereocenters. The molecule has 1 aliphatic rings. The zero-order chi connectivity index (χ0) is 19.6. The quantitative estimate of drug-likeness (QED) is 0.810. The smallest absolute Gasteiger partial charge is 0.254 e. The second-order valence-electron chi connectivity index (χ2n) is 6.82. The molecule has 7 heteroatoms. The first-order valence-corrected chi connectivity index (χ1v) is 10.4. The number of halogens is 1. The maximum Gasteiger partial charge on any atom is 0.254 e. The van der Waals surface area contributed by atoms with Crippen LogP contribution in [0.5, 0.6) is 0 Å². The zero-order valence-corrected chi connectivity index (χ0v) is 16.3. The lowest BCUT2D eigenvalue weighted by atomic mass is 10.0. The first-order chi connectivity index (χ1) is 12.8. The van der Waals surface area contributed by atoms with Crippen LogP contribution >= 0.6 is 0 Å². The lowest BCUT2D eigenvalue weighted by Crippen LogP contribution is -2.37. The van der Waals surface area contributed by atoms with Gasteiger partial charge in [0.05, 0.1) is 4.90 Å². The number of hydrogen-bond donors (Lipinski definition) is 0. The first-order valence-electron chi connectivity index (χ1n) is 8.91. The Morgan fingerprint density at radius 2 is 1.67 bits per heavy atom. The van der Waals surface area contributed by atoms with E-state index >= 15 is 0 Å². The van der Waals surface area contributed by atoms with Gasteiger partial charge < -0.3 is 4.90 Å². The van der Waals surface area contributed by atoms with Crippen molar-refractivity contribution in [1.29, 1.82) is 0 Å². The molecule has 2 aromatic carbocycles. The van der Waals surface area contributed by atoms with Crippen molar-refractivity contribution in [1.82, 2.24) is 9.21 Å². The summed E-state index contributed by atoms with van der Waals surface area (Å²) < 4.78 is 40.1. The van der Waals surface area contributed by atoms with E-state index in [-0.39, 0.29) is 17.3 Å². The van der Waals surface area contributed by atoms with Gasteiger partial charge in [-0.1, -0.05) is 17.7 Å². The summed E-state index contributed by atoms with van der Waals surface area (Å²) in [7, 11) is -3.70. The molecule has 0 spiro atoms. The minimum absolute atomic E-state index is 0.0678. The van der Waals surface area contributed by atoms with Crippen LogP contribution in [0.3, 0.4) is 0 Å². The minimum atomic E-state index is -3.70. The molecular weight excluding hydrogens is 367 g/mol. The highest BCUT2D eigenvalue weighted by Gasteiger charge is 2.29. The van der Waals surface area contributed by atoms with Gasteiger partial charge in [-0.15, -0.1) is 0 Å². The molecule has 1 saturated heterocycles. The van der Waals surface area contributed by atoms with Crippen LogP contribution in [-0.4, -0.2) is 49.7 Å². The van der Waals surface area contributed by atoms with Gasteiger partial charge in [-0.25, -0.2) is 12.8 Å². The van der Waals surface area contributed by atoms with Crippen molar-refractivity contribution in [2.24, 2.45) is 0 Å². The number of aryl methyl sites for hydroxylation is 2. The van der Waals surface area contributed by atoms with E-state index in [4.69, 9.17) is 0 Å². The number of amides is 1. The Morgan fingerprint density at radius 3 is 2.37 bits per heavy atom. The van der Waals surface area contributed by atoms with Gasteiger partial charge in [0, 0.05) is 31.7 Å².